The molecule has 0 unspecified atom stereocenters. The van der Waals surface area contributed by atoms with Gasteiger partial charge in [0.2, 0.25) is 0 Å². The van der Waals surface area contributed by atoms with Gasteiger partial charge in [0, 0.05) is 37.7 Å². The van der Waals surface area contributed by atoms with E-state index in [1.165, 1.54) is 43.4 Å². The molecule has 0 amide bonds. The Labute approximate surface area is 150 Å². The fourth-order valence-corrected chi connectivity index (χ4v) is 4.32. The molecule has 1 aromatic heterocycles. The summed E-state index contributed by atoms with van der Waals surface area (Å²) in [6.45, 7) is 4.08. The summed E-state index contributed by atoms with van der Waals surface area (Å²) in [6, 6.07) is 13.5. The average Bonchev–Trinajstić information content (AvgIpc) is 3.13. The van der Waals surface area contributed by atoms with Crippen molar-refractivity contribution in [2.75, 3.05) is 26.7 Å². The van der Waals surface area contributed by atoms with Crippen LogP contribution in [0, 0.1) is 0 Å². The van der Waals surface area contributed by atoms with Crippen LogP contribution in [0.3, 0.4) is 0 Å². The summed E-state index contributed by atoms with van der Waals surface area (Å²) in [7, 11) is 2.23. The number of benzene rings is 1. The van der Waals surface area contributed by atoms with Gasteiger partial charge in [0.1, 0.15) is 0 Å². The maximum atomic E-state index is 5.68. The molecule has 2 heterocycles. The van der Waals surface area contributed by atoms with Crippen molar-refractivity contribution in [2.24, 2.45) is 0 Å². The molecule has 0 bridgehead atoms. The Hall–Kier alpha value is -1.65. The van der Waals surface area contributed by atoms with E-state index in [9.17, 15) is 0 Å². The number of nitrogens with zero attached hydrogens (tertiary/aromatic N) is 3. The van der Waals surface area contributed by atoms with Crippen LogP contribution in [-0.2, 0) is 6.54 Å². The molecule has 1 saturated heterocycles. The molecule has 1 atom stereocenters. The number of hydrogen-bond donors (Lipinski definition) is 0. The van der Waals surface area contributed by atoms with Crippen molar-refractivity contribution in [1.29, 1.82) is 0 Å². The second-order valence-electron chi connectivity index (χ2n) is 7.70. The van der Waals surface area contributed by atoms with Crippen LogP contribution in [0.1, 0.15) is 61.1 Å². The minimum atomic E-state index is 0.454. The van der Waals surface area contributed by atoms with Gasteiger partial charge in [0.25, 0.3) is 0 Å². The third-order valence-electron chi connectivity index (χ3n) is 5.90. The normalized spacial score (nSPS) is 23.8. The summed E-state index contributed by atoms with van der Waals surface area (Å²) in [5, 5.41) is 4.39. The van der Waals surface area contributed by atoms with Crippen LogP contribution in [0.5, 0.6) is 0 Å². The first-order valence-corrected chi connectivity index (χ1v) is 9.72. The summed E-state index contributed by atoms with van der Waals surface area (Å²) >= 11 is 0. The van der Waals surface area contributed by atoms with Gasteiger partial charge in [-0.15, -0.1) is 0 Å². The van der Waals surface area contributed by atoms with Gasteiger partial charge in [0.05, 0.1) is 12.2 Å². The molecule has 1 aromatic carbocycles. The topological polar surface area (TPSA) is 32.5 Å². The summed E-state index contributed by atoms with van der Waals surface area (Å²) < 4.78 is 5.68. The number of aromatic nitrogens is 1. The highest BCUT2D eigenvalue weighted by Gasteiger charge is 2.27. The SMILES string of the molecule is CN1CCN(Cc2cc(C3CCCCC3)no2)C[C@H]1c1ccccc1. The lowest BCUT2D eigenvalue weighted by Gasteiger charge is -2.39. The predicted molar refractivity (Wildman–Crippen MR) is 99.4 cm³/mol. The van der Waals surface area contributed by atoms with Gasteiger partial charge in [-0.3, -0.25) is 9.80 Å². The van der Waals surface area contributed by atoms with Crippen LogP contribution in [0.4, 0.5) is 0 Å². The van der Waals surface area contributed by atoms with E-state index >= 15 is 0 Å². The highest BCUT2D eigenvalue weighted by Crippen LogP contribution is 2.32. The molecule has 1 aliphatic heterocycles. The van der Waals surface area contributed by atoms with Gasteiger partial charge in [-0.25, -0.2) is 0 Å². The van der Waals surface area contributed by atoms with Crippen LogP contribution >= 0.6 is 0 Å². The van der Waals surface area contributed by atoms with Crippen LogP contribution in [0.25, 0.3) is 0 Å². The van der Waals surface area contributed by atoms with Crippen molar-refractivity contribution in [1.82, 2.24) is 15.0 Å². The van der Waals surface area contributed by atoms with E-state index in [1.807, 2.05) is 0 Å². The number of hydrogen-bond acceptors (Lipinski definition) is 4. The molecule has 0 N–H and O–H groups in total. The summed E-state index contributed by atoms with van der Waals surface area (Å²) in [4.78, 5) is 4.96. The molecule has 2 aromatic rings. The minimum absolute atomic E-state index is 0.454. The first kappa shape index (κ1) is 16.8. The average molecular weight is 339 g/mol. The molecule has 4 rings (SSSR count). The van der Waals surface area contributed by atoms with Gasteiger partial charge in [0.15, 0.2) is 5.76 Å². The zero-order chi connectivity index (χ0) is 17.1. The highest BCUT2D eigenvalue weighted by molar-refractivity contribution is 5.20. The molecule has 2 fully saturated rings. The summed E-state index contributed by atoms with van der Waals surface area (Å²) in [5.74, 6) is 1.65. The first-order valence-electron chi connectivity index (χ1n) is 9.72. The van der Waals surface area contributed by atoms with E-state index < -0.39 is 0 Å². The van der Waals surface area contributed by atoms with E-state index in [-0.39, 0.29) is 0 Å². The quantitative estimate of drug-likeness (QED) is 0.835. The molecule has 1 aliphatic carbocycles. The molecule has 0 spiro atoms. The zero-order valence-electron chi connectivity index (χ0n) is 15.2. The van der Waals surface area contributed by atoms with Crippen molar-refractivity contribution in [3.63, 3.8) is 0 Å². The smallest absolute Gasteiger partial charge is 0.150 e. The standard InChI is InChI=1S/C21H29N3O/c1-23-12-13-24(16-21(23)18-10-6-3-7-11-18)15-19-14-20(22-25-19)17-8-4-2-5-9-17/h3,6-7,10-11,14,17,21H,2,4-5,8-9,12-13,15-16H2,1H3/t21-/m0/s1. The zero-order valence-corrected chi connectivity index (χ0v) is 15.2. The van der Waals surface area contributed by atoms with E-state index in [0.717, 1.165) is 31.9 Å². The van der Waals surface area contributed by atoms with Crippen LogP contribution in [-0.4, -0.2) is 41.6 Å². The van der Waals surface area contributed by atoms with Gasteiger partial charge in [-0.2, -0.15) is 0 Å². The molecule has 134 valence electrons. The van der Waals surface area contributed by atoms with Crippen LogP contribution < -0.4 is 0 Å². The van der Waals surface area contributed by atoms with E-state index in [0.29, 0.717) is 12.0 Å². The largest absolute Gasteiger partial charge is 0.360 e. The monoisotopic (exact) mass is 339 g/mol. The Morgan fingerprint density at radius 3 is 2.68 bits per heavy atom. The van der Waals surface area contributed by atoms with Crippen molar-refractivity contribution < 1.29 is 4.52 Å². The van der Waals surface area contributed by atoms with Crippen molar-refractivity contribution >= 4 is 0 Å². The number of piperazine rings is 1. The Balaban J connectivity index is 1.40. The maximum absolute atomic E-state index is 5.68. The molecule has 25 heavy (non-hydrogen) atoms. The van der Waals surface area contributed by atoms with Crippen molar-refractivity contribution in [3.05, 3.63) is 53.4 Å². The van der Waals surface area contributed by atoms with E-state index in [2.05, 4.69) is 58.4 Å². The van der Waals surface area contributed by atoms with Gasteiger partial charge >= 0.3 is 0 Å². The van der Waals surface area contributed by atoms with Crippen LogP contribution in [0.15, 0.2) is 40.9 Å². The Bertz CT molecular complexity index is 663. The maximum Gasteiger partial charge on any atom is 0.150 e. The third kappa shape index (κ3) is 3.96. The Morgan fingerprint density at radius 1 is 1.08 bits per heavy atom. The fourth-order valence-electron chi connectivity index (χ4n) is 4.32. The van der Waals surface area contributed by atoms with Gasteiger partial charge in [-0.05, 0) is 25.5 Å². The van der Waals surface area contributed by atoms with E-state index in [1.54, 1.807) is 0 Å². The van der Waals surface area contributed by atoms with Crippen molar-refractivity contribution in [2.45, 2.75) is 50.6 Å². The molecular weight excluding hydrogens is 310 g/mol. The molecule has 4 nitrogen and oxygen atoms in total. The molecule has 0 radical (unpaired) electrons. The highest BCUT2D eigenvalue weighted by atomic mass is 16.5. The molecule has 4 heteroatoms. The number of rotatable bonds is 4. The summed E-state index contributed by atoms with van der Waals surface area (Å²) in [6.07, 6.45) is 6.60. The lowest BCUT2D eigenvalue weighted by atomic mass is 9.87. The van der Waals surface area contributed by atoms with Crippen molar-refractivity contribution in [3.8, 4) is 0 Å². The predicted octanol–water partition coefficient (Wildman–Crippen LogP) is 4.21. The summed E-state index contributed by atoms with van der Waals surface area (Å²) in [5.41, 5.74) is 2.58. The Morgan fingerprint density at radius 2 is 1.88 bits per heavy atom. The third-order valence-corrected chi connectivity index (χ3v) is 5.90. The lowest BCUT2D eigenvalue weighted by Crippen LogP contribution is -2.46. The fraction of sp³-hybridized carbons (Fsp3) is 0.571. The van der Waals surface area contributed by atoms with Gasteiger partial charge in [-0.1, -0.05) is 54.8 Å². The number of likely N-dealkylation sites (N-methyl/N-ethyl adjacent to an activating group) is 1. The second-order valence-corrected chi connectivity index (χ2v) is 7.70. The van der Waals surface area contributed by atoms with E-state index in [4.69, 9.17) is 4.52 Å². The minimum Gasteiger partial charge on any atom is -0.360 e. The molecule has 1 saturated carbocycles. The molecule has 2 aliphatic rings. The Kier molecular flexibility index (Phi) is 5.18. The lowest BCUT2D eigenvalue weighted by molar-refractivity contribution is 0.0837. The second kappa shape index (κ2) is 7.71. The molecular formula is C21H29N3O. The van der Waals surface area contributed by atoms with Gasteiger partial charge < -0.3 is 4.52 Å². The van der Waals surface area contributed by atoms with Crippen LogP contribution in [0.2, 0.25) is 0 Å². The first-order chi connectivity index (χ1) is 12.3.